The van der Waals surface area contributed by atoms with Gasteiger partial charge in [0.15, 0.2) is 0 Å². The summed E-state index contributed by atoms with van der Waals surface area (Å²) in [5.74, 6) is -0.693. The topological polar surface area (TPSA) is 41.1 Å². The Bertz CT molecular complexity index is 343. The largest absolute Gasteiger partial charge is 0.405 e. The maximum absolute atomic E-state index is 11.7. The average molecular weight is 269 g/mol. The third kappa shape index (κ3) is 7.46. The van der Waals surface area contributed by atoms with Gasteiger partial charge in [-0.2, -0.15) is 13.2 Å². The second-order valence-corrected chi connectivity index (χ2v) is 3.11. The summed E-state index contributed by atoms with van der Waals surface area (Å²) in [6.45, 7) is -1.48. The monoisotopic (exact) mass is 268 g/mol. The summed E-state index contributed by atoms with van der Waals surface area (Å²) in [5.41, 5.74) is 0.685. The van der Waals surface area contributed by atoms with Crippen molar-refractivity contribution >= 4 is 24.0 Å². The first-order valence-corrected chi connectivity index (χ1v) is 4.60. The highest BCUT2D eigenvalue weighted by Crippen LogP contribution is 2.12. The van der Waals surface area contributed by atoms with E-state index in [0.717, 1.165) is 0 Å². The third-order valence-corrected chi connectivity index (χ3v) is 1.71. The van der Waals surface area contributed by atoms with Gasteiger partial charge in [0.1, 0.15) is 6.54 Å². The number of anilines is 1. The quantitative estimate of drug-likeness (QED) is 0.879. The molecule has 1 amide bonds. The Balaban J connectivity index is 0.00000256. The number of alkyl halides is 3. The van der Waals surface area contributed by atoms with E-state index in [1.165, 1.54) is 0 Å². The van der Waals surface area contributed by atoms with Crippen molar-refractivity contribution in [1.82, 2.24) is 5.32 Å². The van der Waals surface area contributed by atoms with Crippen LogP contribution in [0.5, 0.6) is 0 Å². The lowest BCUT2D eigenvalue weighted by atomic mass is 10.3. The molecule has 0 aliphatic heterocycles. The van der Waals surface area contributed by atoms with E-state index in [-0.39, 0.29) is 19.0 Å². The van der Waals surface area contributed by atoms with Crippen LogP contribution in [0.15, 0.2) is 30.3 Å². The highest BCUT2D eigenvalue weighted by molar-refractivity contribution is 5.85. The predicted molar refractivity (Wildman–Crippen MR) is 61.2 cm³/mol. The Labute approximate surface area is 103 Å². The average Bonchev–Trinajstić information content (AvgIpc) is 2.24. The summed E-state index contributed by atoms with van der Waals surface area (Å²) in [4.78, 5) is 11.0. The molecule has 0 saturated carbocycles. The first-order valence-electron chi connectivity index (χ1n) is 4.60. The van der Waals surface area contributed by atoms with Crippen molar-refractivity contribution in [3.8, 4) is 0 Å². The molecule has 0 heterocycles. The second-order valence-electron chi connectivity index (χ2n) is 3.11. The Morgan fingerprint density at radius 2 is 1.76 bits per heavy atom. The molecule has 2 N–H and O–H groups in total. The molecule has 0 unspecified atom stereocenters. The zero-order valence-electron chi connectivity index (χ0n) is 8.75. The molecule has 0 radical (unpaired) electrons. The standard InChI is InChI=1S/C10H11F3N2O.ClH/c11-10(12,13)7-15-9(16)6-14-8-4-2-1-3-5-8;/h1-5,14H,6-7H2,(H,15,16);1H. The molecule has 0 aliphatic carbocycles. The molecule has 17 heavy (non-hydrogen) atoms. The molecule has 1 aromatic carbocycles. The van der Waals surface area contributed by atoms with Gasteiger partial charge in [0.2, 0.25) is 5.91 Å². The maximum Gasteiger partial charge on any atom is 0.405 e. The summed E-state index contributed by atoms with van der Waals surface area (Å²) in [5, 5.41) is 4.47. The van der Waals surface area contributed by atoms with Gasteiger partial charge in [-0.15, -0.1) is 12.4 Å². The van der Waals surface area contributed by atoms with Crippen LogP contribution in [0.3, 0.4) is 0 Å². The summed E-state index contributed by atoms with van der Waals surface area (Å²) in [7, 11) is 0. The van der Waals surface area contributed by atoms with Gasteiger partial charge in [0, 0.05) is 5.69 Å². The van der Waals surface area contributed by atoms with Crippen molar-refractivity contribution < 1.29 is 18.0 Å². The number of benzene rings is 1. The van der Waals surface area contributed by atoms with Crippen molar-refractivity contribution in [1.29, 1.82) is 0 Å². The van der Waals surface area contributed by atoms with Gasteiger partial charge in [-0.3, -0.25) is 4.79 Å². The number of halogens is 4. The minimum absolute atomic E-state index is 0. The Morgan fingerprint density at radius 1 is 1.18 bits per heavy atom. The summed E-state index contributed by atoms with van der Waals surface area (Å²) in [6, 6.07) is 8.76. The van der Waals surface area contributed by atoms with Gasteiger partial charge in [-0.05, 0) is 12.1 Å². The van der Waals surface area contributed by atoms with Crippen molar-refractivity contribution in [2.24, 2.45) is 0 Å². The van der Waals surface area contributed by atoms with Crippen LogP contribution in [0.25, 0.3) is 0 Å². The fourth-order valence-electron chi connectivity index (χ4n) is 1.000. The number of rotatable bonds is 4. The molecule has 7 heteroatoms. The molecule has 0 aromatic heterocycles. The smallest absolute Gasteiger partial charge is 0.376 e. The van der Waals surface area contributed by atoms with Crippen molar-refractivity contribution in [3.63, 3.8) is 0 Å². The van der Waals surface area contributed by atoms with Crippen LogP contribution in [0.1, 0.15) is 0 Å². The van der Waals surface area contributed by atoms with Gasteiger partial charge in [-0.1, -0.05) is 18.2 Å². The molecule has 0 atom stereocenters. The second kappa shape index (κ2) is 7.01. The van der Waals surface area contributed by atoms with E-state index in [9.17, 15) is 18.0 Å². The number of amides is 1. The van der Waals surface area contributed by atoms with Crippen LogP contribution in [0.4, 0.5) is 18.9 Å². The summed E-state index contributed by atoms with van der Waals surface area (Å²) in [6.07, 6.45) is -4.37. The first kappa shape index (κ1) is 15.6. The third-order valence-electron chi connectivity index (χ3n) is 1.71. The highest BCUT2D eigenvalue weighted by Gasteiger charge is 2.27. The van der Waals surface area contributed by atoms with E-state index in [1.54, 1.807) is 35.6 Å². The van der Waals surface area contributed by atoms with Gasteiger partial charge in [0.25, 0.3) is 0 Å². The number of nitrogens with one attached hydrogen (secondary N) is 2. The zero-order valence-corrected chi connectivity index (χ0v) is 9.57. The van der Waals surface area contributed by atoms with Gasteiger partial charge in [-0.25, -0.2) is 0 Å². The molecule has 1 rings (SSSR count). The normalized spacial score (nSPS) is 10.3. The van der Waals surface area contributed by atoms with Crippen molar-refractivity contribution in [2.75, 3.05) is 18.4 Å². The van der Waals surface area contributed by atoms with Gasteiger partial charge in [0.05, 0.1) is 6.54 Å². The van der Waals surface area contributed by atoms with Crippen LogP contribution in [0, 0.1) is 0 Å². The molecule has 0 saturated heterocycles. The minimum atomic E-state index is -4.37. The number of carbonyl (C=O) groups excluding carboxylic acids is 1. The molecule has 0 fully saturated rings. The SMILES string of the molecule is Cl.O=C(CNc1ccccc1)NCC(F)(F)F. The molecular formula is C10H12ClF3N2O. The predicted octanol–water partition coefficient (Wildman–Crippen LogP) is 2.20. The summed E-state index contributed by atoms with van der Waals surface area (Å²) >= 11 is 0. The Kier molecular flexibility index (Phi) is 6.42. The van der Waals surface area contributed by atoms with E-state index < -0.39 is 18.6 Å². The zero-order chi connectivity index (χ0) is 12.0. The van der Waals surface area contributed by atoms with Crippen LogP contribution in [0.2, 0.25) is 0 Å². The lowest BCUT2D eigenvalue weighted by Gasteiger charge is -2.09. The fourth-order valence-corrected chi connectivity index (χ4v) is 1.000. The van der Waals surface area contributed by atoms with E-state index in [4.69, 9.17) is 0 Å². The lowest BCUT2D eigenvalue weighted by molar-refractivity contribution is -0.137. The van der Waals surface area contributed by atoms with Crippen LogP contribution in [-0.4, -0.2) is 25.2 Å². The minimum Gasteiger partial charge on any atom is -0.376 e. The lowest BCUT2D eigenvalue weighted by Crippen LogP contribution is -2.37. The number of para-hydroxylation sites is 1. The molecular weight excluding hydrogens is 257 g/mol. The van der Waals surface area contributed by atoms with Crippen LogP contribution >= 0.6 is 12.4 Å². The Morgan fingerprint density at radius 3 is 2.29 bits per heavy atom. The molecule has 0 bridgehead atoms. The molecule has 96 valence electrons. The molecule has 1 aromatic rings. The number of carbonyl (C=O) groups is 1. The van der Waals surface area contributed by atoms with Crippen molar-refractivity contribution in [2.45, 2.75) is 6.18 Å². The number of hydrogen-bond donors (Lipinski definition) is 2. The Hall–Kier alpha value is -1.43. The van der Waals surface area contributed by atoms with Crippen LogP contribution in [-0.2, 0) is 4.79 Å². The molecule has 0 spiro atoms. The van der Waals surface area contributed by atoms with Crippen LogP contribution < -0.4 is 10.6 Å². The number of hydrogen-bond acceptors (Lipinski definition) is 2. The van der Waals surface area contributed by atoms with Gasteiger partial charge >= 0.3 is 6.18 Å². The molecule has 3 nitrogen and oxygen atoms in total. The van der Waals surface area contributed by atoms with E-state index in [1.807, 2.05) is 0 Å². The maximum atomic E-state index is 11.7. The van der Waals surface area contributed by atoms with Gasteiger partial charge < -0.3 is 10.6 Å². The first-order chi connectivity index (χ1) is 7.47. The van der Waals surface area contributed by atoms with Crippen molar-refractivity contribution in [3.05, 3.63) is 30.3 Å². The van der Waals surface area contributed by atoms with E-state index >= 15 is 0 Å². The molecule has 0 aliphatic rings. The van der Waals surface area contributed by atoms with E-state index in [2.05, 4.69) is 5.32 Å². The van der Waals surface area contributed by atoms with E-state index in [0.29, 0.717) is 5.69 Å². The fraction of sp³-hybridized carbons (Fsp3) is 0.300. The highest BCUT2D eigenvalue weighted by atomic mass is 35.5. The summed E-state index contributed by atoms with van der Waals surface area (Å²) < 4.78 is 35.2.